The third-order valence-corrected chi connectivity index (χ3v) is 6.71. The van der Waals surface area contributed by atoms with Crippen molar-refractivity contribution in [2.24, 2.45) is 5.92 Å². The van der Waals surface area contributed by atoms with E-state index >= 15 is 0 Å². The van der Waals surface area contributed by atoms with Crippen LogP contribution in [-0.2, 0) is 11.4 Å². The molecule has 184 valence electrons. The van der Waals surface area contributed by atoms with E-state index in [1.54, 1.807) is 14.2 Å². The van der Waals surface area contributed by atoms with Crippen LogP contribution in [0.4, 0.5) is 0 Å². The van der Waals surface area contributed by atoms with Gasteiger partial charge in [0, 0.05) is 5.02 Å². The molecule has 6 nitrogen and oxygen atoms in total. The number of carbonyl (C=O) groups is 1. The van der Waals surface area contributed by atoms with Gasteiger partial charge in [0.2, 0.25) is 5.75 Å². The predicted molar refractivity (Wildman–Crippen MR) is 136 cm³/mol. The number of hydrogen-bond acceptors (Lipinski definition) is 5. The van der Waals surface area contributed by atoms with Crippen molar-refractivity contribution in [3.63, 3.8) is 0 Å². The third kappa shape index (κ3) is 5.89. The fourth-order valence-electron chi connectivity index (χ4n) is 4.59. The van der Waals surface area contributed by atoms with Gasteiger partial charge in [0.05, 0.1) is 26.2 Å². The minimum Gasteiger partial charge on any atom is -0.493 e. The Labute approximate surface area is 211 Å². The summed E-state index contributed by atoms with van der Waals surface area (Å²) in [5.41, 5.74) is 3.08. The van der Waals surface area contributed by atoms with Crippen molar-refractivity contribution >= 4 is 17.6 Å². The summed E-state index contributed by atoms with van der Waals surface area (Å²) in [5.74, 6) is 0.664. The van der Waals surface area contributed by atoms with E-state index in [1.165, 1.54) is 0 Å². The molecule has 1 N–H and O–H groups in total. The Morgan fingerprint density at radius 1 is 0.971 bits per heavy atom. The minimum absolute atomic E-state index is 0.118. The lowest BCUT2D eigenvalue weighted by Gasteiger charge is -2.37. The summed E-state index contributed by atoms with van der Waals surface area (Å²) in [7, 11) is 3.23. The first-order chi connectivity index (χ1) is 17.0. The topological polar surface area (TPSA) is 68.2 Å². The number of nitrogens with zero attached hydrogens (tertiary/aromatic N) is 1. The van der Waals surface area contributed by atoms with Crippen molar-refractivity contribution in [3.8, 4) is 17.2 Å². The SMILES string of the molecule is COc1cc(C(c2ccc(Cl)cc2)N2CCC(C(=O)O)CC2)cc(OC)c1OCc1ccccc1. The molecule has 7 heteroatoms. The highest BCUT2D eigenvalue weighted by molar-refractivity contribution is 6.30. The molecule has 35 heavy (non-hydrogen) atoms. The highest BCUT2D eigenvalue weighted by Crippen LogP contribution is 2.43. The zero-order valence-electron chi connectivity index (χ0n) is 19.9. The second-order valence-electron chi connectivity index (χ2n) is 8.63. The molecule has 0 radical (unpaired) electrons. The second-order valence-corrected chi connectivity index (χ2v) is 9.07. The Morgan fingerprint density at radius 2 is 1.57 bits per heavy atom. The van der Waals surface area contributed by atoms with Gasteiger partial charge in [-0.15, -0.1) is 0 Å². The maximum absolute atomic E-state index is 11.5. The van der Waals surface area contributed by atoms with E-state index in [-0.39, 0.29) is 12.0 Å². The van der Waals surface area contributed by atoms with Crippen molar-refractivity contribution in [1.29, 1.82) is 0 Å². The zero-order chi connectivity index (χ0) is 24.8. The van der Waals surface area contributed by atoms with Crippen LogP contribution in [0.3, 0.4) is 0 Å². The first-order valence-electron chi connectivity index (χ1n) is 11.6. The summed E-state index contributed by atoms with van der Waals surface area (Å²) >= 11 is 6.17. The molecule has 3 aromatic rings. The summed E-state index contributed by atoms with van der Waals surface area (Å²) in [6.45, 7) is 1.72. The molecule has 3 aromatic carbocycles. The molecule has 0 amide bonds. The largest absolute Gasteiger partial charge is 0.493 e. The monoisotopic (exact) mass is 495 g/mol. The van der Waals surface area contributed by atoms with Crippen LogP contribution in [0.5, 0.6) is 17.2 Å². The highest BCUT2D eigenvalue weighted by Gasteiger charge is 2.31. The van der Waals surface area contributed by atoms with Crippen molar-refractivity contribution in [2.45, 2.75) is 25.5 Å². The molecule has 4 rings (SSSR count). The Kier molecular flexibility index (Phi) is 8.16. The number of likely N-dealkylation sites (tertiary alicyclic amines) is 1. The molecular formula is C28H30ClNO5. The molecule has 0 aromatic heterocycles. The average Bonchev–Trinajstić information content (AvgIpc) is 2.89. The molecule has 0 bridgehead atoms. The Hall–Kier alpha value is -3.22. The van der Waals surface area contributed by atoms with Gasteiger partial charge in [0.1, 0.15) is 6.61 Å². The van der Waals surface area contributed by atoms with Gasteiger partial charge < -0.3 is 19.3 Å². The fourth-order valence-corrected chi connectivity index (χ4v) is 4.72. The molecule has 0 saturated carbocycles. The van der Waals surface area contributed by atoms with Gasteiger partial charge in [0.15, 0.2) is 11.5 Å². The zero-order valence-corrected chi connectivity index (χ0v) is 20.7. The van der Waals surface area contributed by atoms with Crippen molar-refractivity contribution in [2.75, 3.05) is 27.3 Å². The van der Waals surface area contributed by atoms with Gasteiger partial charge in [-0.25, -0.2) is 0 Å². The van der Waals surface area contributed by atoms with Crippen LogP contribution in [0.25, 0.3) is 0 Å². The normalized spacial score (nSPS) is 15.4. The second kappa shape index (κ2) is 11.5. The van der Waals surface area contributed by atoms with E-state index in [4.69, 9.17) is 25.8 Å². The molecule has 0 spiro atoms. The number of halogens is 1. The van der Waals surface area contributed by atoms with E-state index in [0.717, 1.165) is 16.7 Å². The van der Waals surface area contributed by atoms with Crippen LogP contribution in [0.1, 0.15) is 35.6 Å². The lowest BCUT2D eigenvalue weighted by Crippen LogP contribution is -2.39. The Bertz CT molecular complexity index is 1100. The smallest absolute Gasteiger partial charge is 0.306 e. The quantitative estimate of drug-likeness (QED) is 0.403. The number of carboxylic acid groups (broad SMARTS) is 1. The maximum atomic E-state index is 11.5. The molecule has 1 aliphatic heterocycles. The number of aliphatic carboxylic acids is 1. The first-order valence-corrected chi connectivity index (χ1v) is 12.0. The predicted octanol–water partition coefficient (Wildman–Crippen LogP) is 5.82. The molecule has 1 aliphatic rings. The third-order valence-electron chi connectivity index (χ3n) is 6.45. The van der Waals surface area contributed by atoms with Gasteiger partial charge in [-0.2, -0.15) is 0 Å². The maximum Gasteiger partial charge on any atom is 0.306 e. The van der Waals surface area contributed by atoms with Crippen LogP contribution >= 0.6 is 11.6 Å². The van der Waals surface area contributed by atoms with Gasteiger partial charge in [-0.05, 0) is 66.9 Å². The van der Waals surface area contributed by atoms with Crippen LogP contribution < -0.4 is 14.2 Å². The number of hydrogen-bond donors (Lipinski definition) is 1. The standard InChI is InChI=1S/C28H30ClNO5/c1-33-24-16-22(17-25(34-2)27(24)35-18-19-6-4-3-5-7-19)26(20-8-10-23(29)11-9-20)30-14-12-21(13-15-30)28(31)32/h3-11,16-17,21,26H,12-15,18H2,1-2H3,(H,31,32). The molecule has 1 unspecified atom stereocenters. The van der Waals surface area contributed by atoms with E-state index in [2.05, 4.69) is 4.90 Å². The van der Waals surface area contributed by atoms with E-state index in [0.29, 0.717) is 54.8 Å². The average molecular weight is 496 g/mol. The molecule has 1 fully saturated rings. The molecular weight excluding hydrogens is 466 g/mol. The van der Waals surface area contributed by atoms with Crippen molar-refractivity contribution < 1.29 is 24.1 Å². The number of rotatable bonds is 9. The van der Waals surface area contributed by atoms with Crippen molar-refractivity contribution in [3.05, 3.63) is 88.4 Å². The van der Waals surface area contributed by atoms with E-state index in [9.17, 15) is 9.90 Å². The van der Waals surface area contributed by atoms with Gasteiger partial charge in [0.25, 0.3) is 0 Å². The Morgan fingerprint density at radius 3 is 2.11 bits per heavy atom. The van der Waals surface area contributed by atoms with Gasteiger partial charge in [-0.1, -0.05) is 54.1 Å². The molecule has 1 atom stereocenters. The summed E-state index contributed by atoms with van der Waals surface area (Å²) < 4.78 is 17.6. The summed E-state index contributed by atoms with van der Waals surface area (Å²) in [4.78, 5) is 13.8. The van der Waals surface area contributed by atoms with Gasteiger partial charge >= 0.3 is 5.97 Å². The Balaban J connectivity index is 1.69. The van der Waals surface area contributed by atoms with Crippen LogP contribution in [0.2, 0.25) is 5.02 Å². The number of piperidine rings is 1. The van der Waals surface area contributed by atoms with Crippen molar-refractivity contribution in [1.82, 2.24) is 4.90 Å². The molecule has 1 heterocycles. The lowest BCUT2D eigenvalue weighted by atomic mass is 9.91. The van der Waals surface area contributed by atoms with E-state index < -0.39 is 5.97 Å². The number of ether oxygens (including phenoxy) is 3. The van der Waals surface area contributed by atoms with Crippen LogP contribution in [-0.4, -0.2) is 43.3 Å². The van der Waals surface area contributed by atoms with Crippen LogP contribution in [0.15, 0.2) is 66.7 Å². The van der Waals surface area contributed by atoms with Crippen LogP contribution in [0, 0.1) is 5.92 Å². The summed E-state index contributed by atoms with van der Waals surface area (Å²) in [6, 6.07) is 21.5. The summed E-state index contributed by atoms with van der Waals surface area (Å²) in [6.07, 6.45) is 1.21. The van der Waals surface area contributed by atoms with E-state index in [1.807, 2.05) is 66.7 Å². The van der Waals surface area contributed by atoms with Gasteiger partial charge in [-0.3, -0.25) is 9.69 Å². The summed E-state index contributed by atoms with van der Waals surface area (Å²) in [5, 5.41) is 10.1. The lowest BCUT2D eigenvalue weighted by molar-refractivity contribution is -0.143. The number of carboxylic acids is 1. The minimum atomic E-state index is -0.726. The highest BCUT2D eigenvalue weighted by atomic mass is 35.5. The number of methoxy groups -OCH3 is 2. The number of benzene rings is 3. The molecule has 0 aliphatic carbocycles. The fraction of sp³-hybridized carbons (Fsp3) is 0.321. The molecule has 1 saturated heterocycles. The first kappa shape index (κ1) is 24.9.